The first-order chi connectivity index (χ1) is 13.5. The molecule has 2 aromatic carbocycles. The quantitative estimate of drug-likeness (QED) is 0.578. The summed E-state index contributed by atoms with van der Waals surface area (Å²) in [5.41, 5.74) is 3.18. The molecule has 1 aliphatic heterocycles. The largest absolute Gasteiger partial charge is 0.333 e. The number of hydrogen-bond acceptors (Lipinski definition) is 3. The number of carbonyl (C=O) groups excluding carboxylic acids is 2. The third-order valence-corrected chi connectivity index (χ3v) is 6.68. The number of amides is 2. The maximum absolute atomic E-state index is 13.5. The van der Waals surface area contributed by atoms with Crippen molar-refractivity contribution >= 4 is 44.8 Å². The summed E-state index contributed by atoms with van der Waals surface area (Å²) < 4.78 is 0.835. The molecule has 142 valence electrons. The lowest BCUT2D eigenvalue weighted by atomic mass is 9.81. The number of rotatable bonds is 3. The SMILES string of the molecule is Cc1ccc(NC(=O)[C@H]2c3ccccc3C(=O)N(C)[C@H]2c2cccs2)c(Br)c1. The minimum absolute atomic E-state index is 0.0606. The molecular weight excluding hydrogens is 436 g/mol. The Bertz CT molecular complexity index is 1050. The zero-order chi connectivity index (χ0) is 19.8. The average Bonchev–Trinajstić information content (AvgIpc) is 3.21. The summed E-state index contributed by atoms with van der Waals surface area (Å²) in [5, 5.41) is 5.03. The van der Waals surface area contributed by atoms with Crippen molar-refractivity contribution in [3.05, 3.63) is 86.0 Å². The van der Waals surface area contributed by atoms with E-state index in [4.69, 9.17) is 0 Å². The number of nitrogens with one attached hydrogen (secondary N) is 1. The Kier molecular flexibility index (Phi) is 5.08. The van der Waals surface area contributed by atoms with Crippen molar-refractivity contribution in [1.82, 2.24) is 4.90 Å². The van der Waals surface area contributed by atoms with Crippen LogP contribution in [-0.2, 0) is 4.79 Å². The fourth-order valence-corrected chi connectivity index (χ4v) is 5.20. The van der Waals surface area contributed by atoms with E-state index in [1.807, 2.05) is 60.8 Å². The number of likely N-dealkylation sites (N-methyl/N-ethyl adjacent to an activating group) is 1. The molecule has 0 fully saturated rings. The van der Waals surface area contributed by atoms with E-state index in [-0.39, 0.29) is 17.9 Å². The van der Waals surface area contributed by atoms with Gasteiger partial charge in [0.1, 0.15) is 0 Å². The lowest BCUT2D eigenvalue weighted by molar-refractivity contribution is -0.119. The second-order valence-corrected chi connectivity index (χ2v) is 8.75. The van der Waals surface area contributed by atoms with E-state index in [9.17, 15) is 9.59 Å². The van der Waals surface area contributed by atoms with E-state index in [0.29, 0.717) is 5.56 Å². The Labute approximate surface area is 176 Å². The molecule has 0 saturated carbocycles. The molecule has 2 amide bonds. The summed E-state index contributed by atoms with van der Waals surface area (Å²) in [6.07, 6.45) is 0. The highest BCUT2D eigenvalue weighted by Gasteiger charge is 2.43. The standard InChI is InChI=1S/C22H19BrN2O2S/c1-13-9-10-17(16(23)12-13)24-21(26)19-14-6-3-4-7-15(14)22(27)25(2)20(19)18-8-5-11-28-18/h3-12,19-20H,1-2H3,(H,24,26)/t19-,20-/m0/s1. The van der Waals surface area contributed by atoms with E-state index < -0.39 is 5.92 Å². The highest BCUT2D eigenvalue weighted by atomic mass is 79.9. The van der Waals surface area contributed by atoms with Gasteiger partial charge in [-0.15, -0.1) is 11.3 Å². The fourth-order valence-electron chi connectivity index (χ4n) is 3.70. The highest BCUT2D eigenvalue weighted by molar-refractivity contribution is 9.10. The number of anilines is 1. The summed E-state index contributed by atoms with van der Waals surface area (Å²) in [5.74, 6) is -0.685. The summed E-state index contributed by atoms with van der Waals surface area (Å²) in [4.78, 5) is 29.1. The minimum atomic E-state index is -0.495. The van der Waals surface area contributed by atoms with E-state index in [1.165, 1.54) is 0 Å². The van der Waals surface area contributed by atoms with Crippen LogP contribution in [0.15, 0.2) is 64.5 Å². The maximum atomic E-state index is 13.5. The van der Waals surface area contributed by atoms with Crippen LogP contribution in [0.1, 0.15) is 38.3 Å². The van der Waals surface area contributed by atoms with Crippen molar-refractivity contribution < 1.29 is 9.59 Å². The minimum Gasteiger partial charge on any atom is -0.333 e. The molecule has 1 aromatic heterocycles. The zero-order valence-corrected chi connectivity index (χ0v) is 17.9. The molecule has 2 heterocycles. The molecule has 3 aromatic rings. The smallest absolute Gasteiger partial charge is 0.254 e. The van der Waals surface area contributed by atoms with Crippen LogP contribution in [0.2, 0.25) is 0 Å². The van der Waals surface area contributed by atoms with Crippen molar-refractivity contribution in [3.63, 3.8) is 0 Å². The normalized spacial score (nSPS) is 18.7. The number of benzene rings is 2. The molecule has 0 unspecified atom stereocenters. The Morgan fingerprint density at radius 2 is 1.93 bits per heavy atom. The van der Waals surface area contributed by atoms with E-state index in [0.717, 1.165) is 26.2 Å². The second-order valence-electron chi connectivity index (χ2n) is 6.91. The van der Waals surface area contributed by atoms with Crippen LogP contribution in [0.4, 0.5) is 5.69 Å². The second kappa shape index (κ2) is 7.53. The third-order valence-electron chi connectivity index (χ3n) is 5.08. The van der Waals surface area contributed by atoms with Crippen LogP contribution < -0.4 is 5.32 Å². The van der Waals surface area contributed by atoms with Gasteiger partial charge in [0, 0.05) is 22.0 Å². The molecule has 2 atom stereocenters. The van der Waals surface area contributed by atoms with Crippen LogP contribution in [0.3, 0.4) is 0 Å². The molecule has 0 bridgehead atoms. The molecule has 0 spiro atoms. The van der Waals surface area contributed by atoms with Gasteiger partial charge in [-0.25, -0.2) is 0 Å². The van der Waals surface area contributed by atoms with Crippen molar-refractivity contribution in [2.75, 3.05) is 12.4 Å². The summed E-state index contributed by atoms with van der Waals surface area (Å²) in [7, 11) is 1.77. The van der Waals surface area contributed by atoms with E-state index in [1.54, 1.807) is 29.4 Å². The number of halogens is 1. The van der Waals surface area contributed by atoms with Crippen LogP contribution in [0.25, 0.3) is 0 Å². The molecule has 0 saturated heterocycles. The lowest BCUT2D eigenvalue weighted by Crippen LogP contribution is -2.43. The number of hydrogen-bond donors (Lipinski definition) is 1. The fraction of sp³-hybridized carbons (Fsp3) is 0.182. The van der Waals surface area contributed by atoms with Crippen LogP contribution in [-0.4, -0.2) is 23.8 Å². The first-order valence-corrected chi connectivity index (χ1v) is 10.6. The predicted octanol–water partition coefficient (Wildman–Crippen LogP) is 5.37. The Hall–Kier alpha value is -2.44. The van der Waals surface area contributed by atoms with Gasteiger partial charge in [0.25, 0.3) is 5.91 Å². The topological polar surface area (TPSA) is 49.4 Å². The highest BCUT2D eigenvalue weighted by Crippen LogP contribution is 2.44. The Morgan fingerprint density at radius 1 is 1.14 bits per heavy atom. The molecule has 6 heteroatoms. The number of carbonyl (C=O) groups is 2. The molecule has 28 heavy (non-hydrogen) atoms. The monoisotopic (exact) mass is 454 g/mol. The van der Waals surface area contributed by atoms with Gasteiger partial charge in [-0.1, -0.05) is 30.3 Å². The van der Waals surface area contributed by atoms with Crippen LogP contribution >= 0.6 is 27.3 Å². The van der Waals surface area contributed by atoms with Gasteiger partial charge in [0.05, 0.1) is 17.6 Å². The van der Waals surface area contributed by atoms with E-state index >= 15 is 0 Å². The van der Waals surface area contributed by atoms with Crippen molar-refractivity contribution in [3.8, 4) is 0 Å². The molecule has 1 aliphatic rings. The van der Waals surface area contributed by atoms with Crippen molar-refractivity contribution in [2.45, 2.75) is 18.9 Å². The van der Waals surface area contributed by atoms with Gasteiger partial charge < -0.3 is 10.2 Å². The zero-order valence-electron chi connectivity index (χ0n) is 15.5. The summed E-state index contributed by atoms with van der Waals surface area (Å²) in [6, 6.07) is 16.8. The summed E-state index contributed by atoms with van der Waals surface area (Å²) in [6.45, 7) is 2.00. The van der Waals surface area contributed by atoms with E-state index in [2.05, 4.69) is 21.2 Å². The molecule has 0 radical (unpaired) electrons. The van der Waals surface area contributed by atoms with Crippen LogP contribution in [0.5, 0.6) is 0 Å². The van der Waals surface area contributed by atoms with Gasteiger partial charge in [0.2, 0.25) is 5.91 Å². The molecule has 4 nitrogen and oxygen atoms in total. The van der Waals surface area contributed by atoms with Crippen LogP contribution in [0, 0.1) is 6.92 Å². The van der Waals surface area contributed by atoms with Crippen molar-refractivity contribution in [2.24, 2.45) is 0 Å². The molecule has 0 aliphatic carbocycles. The molecule has 4 rings (SSSR count). The maximum Gasteiger partial charge on any atom is 0.254 e. The first-order valence-electron chi connectivity index (χ1n) is 8.94. The number of nitrogens with zero attached hydrogens (tertiary/aromatic N) is 1. The van der Waals surface area contributed by atoms with Gasteiger partial charge >= 0.3 is 0 Å². The first kappa shape index (κ1) is 18.9. The lowest BCUT2D eigenvalue weighted by Gasteiger charge is -2.39. The third kappa shape index (κ3) is 3.27. The molecule has 1 N–H and O–H groups in total. The Morgan fingerprint density at radius 3 is 2.64 bits per heavy atom. The number of fused-ring (bicyclic) bond motifs is 1. The van der Waals surface area contributed by atoms with Gasteiger partial charge in [-0.05, 0) is 63.6 Å². The van der Waals surface area contributed by atoms with Gasteiger partial charge in [0.15, 0.2) is 0 Å². The predicted molar refractivity (Wildman–Crippen MR) is 116 cm³/mol. The van der Waals surface area contributed by atoms with Gasteiger partial charge in [-0.3, -0.25) is 9.59 Å². The summed E-state index contributed by atoms with van der Waals surface area (Å²) >= 11 is 5.09. The van der Waals surface area contributed by atoms with Crippen molar-refractivity contribution in [1.29, 1.82) is 0 Å². The Balaban J connectivity index is 1.79. The number of aryl methyl sites for hydroxylation is 1. The number of thiophene rings is 1. The average molecular weight is 455 g/mol. The molecular formula is C22H19BrN2O2S. The van der Waals surface area contributed by atoms with Gasteiger partial charge in [-0.2, -0.15) is 0 Å².